The summed E-state index contributed by atoms with van der Waals surface area (Å²) in [6.45, 7) is 2.20. The monoisotopic (exact) mass is 248 g/mol. The molecule has 0 aromatic carbocycles. The van der Waals surface area contributed by atoms with Gasteiger partial charge in [-0.15, -0.1) is 0 Å². The second-order valence-electron chi connectivity index (χ2n) is 4.75. The molecule has 1 amide bonds. The van der Waals surface area contributed by atoms with Crippen molar-refractivity contribution in [1.82, 2.24) is 15.2 Å². The van der Waals surface area contributed by atoms with Crippen molar-refractivity contribution in [1.29, 1.82) is 0 Å². The van der Waals surface area contributed by atoms with Crippen LogP contribution in [0.1, 0.15) is 23.3 Å². The average molecular weight is 248 g/mol. The molecular formula is C13H20N4O. The van der Waals surface area contributed by atoms with Crippen molar-refractivity contribution in [2.24, 2.45) is 0 Å². The number of likely N-dealkylation sites (N-methyl/N-ethyl adjacent to an activating group) is 1. The molecule has 2 rings (SSSR count). The van der Waals surface area contributed by atoms with Crippen LogP contribution in [-0.4, -0.2) is 49.0 Å². The lowest BCUT2D eigenvalue weighted by atomic mass is 10.1. The normalized spacial score (nSPS) is 20.4. The van der Waals surface area contributed by atoms with E-state index in [0.29, 0.717) is 11.7 Å². The van der Waals surface area contributed by atoms with Crippen LogP contribution in [0.2, 0.25) is 0 Å². The molecule has 5 heteroatoms. The minimum Gasteiger partial charge on any atom is -0.381 e. The van der Waals surface area contributed by atoms with Crippen LogP contribution in [-0.2, 0) is 0 Å². The predicted octanol–water partition coefficient (Wildman–Crippen LogP) is 0.947. The van der Waals surface area contributed by atoms with Gasteiger partial charge in [0, 0.05) is 31.5 Å². The lowest BCUT2D eigenvalue weighted by Gasteiger charge is -2.30. The maximum atomic E-state index is 11.5. The first-order chi connectivity index (χ1) is 8.69. The topological polar surface area (TPSA) is 57.3 Å². The lowest BCUT2D eigenvalue weighted by molar-refractivity contribution is 0.0958. The molecule has 5 nitrogen and oxygen atoms in total. The minimum absolute atomic E-state index is 0.153. The Morgan fingerprint density at radius 2 is 2.39 bits per heavy atom. The third kappa shape index (κ3) is 3.20. The molecule has 1 fully saturated rings. The molecule has 0 saturated carbocycles. The van der Waals surface area contributed by atoms with E-state index in [2.05, 4.69) is 27.6 Å². The number of carbonyl (C=O) groups excluding carboxylic acids is 1. The number of nitrogens with one attached hydrogen (secondary N) is 2. The van der Waals surface area contributed by atoms with Gasteiger partial charge in [-0.25, -0.2) is 0 Å². The molecule has 1 aliphatic heterocycles. The van der Waals surface area contributed by atoms with Gasteiger partial charge in [0.05, 0.1) is 0 Å². The molecule has 0 spiro atoms. The molecule has 1 saturated heterocycles. The molecule has 1 aliphatic rings. The van der Waals surface area contributed by atoms with Crippen LogP contribution in [0, 0.1) is 0 Å². The van der Waals surface area contributed by atoms with Crippen molar-refractivity contribution < 1.29 is 4.79 Å². The number of amides is 1. The highest BCUT2D eigenvalue weighted by Gasteiger charge is 2.17. The summed E-state index contributed by atoms with van der Waals surface area (Å²) >= 11 is 0. The van der Waals surface area contributed by atoms with Crippen molar-refractivity contribution in [3.05, 3.63) is 24.0 Å². The number of carbonyl (C=O) groups is 1. The Hall–Kier alpha value is -1.62. The smallest absolute Gasteiger partial charge is 0.269 e. The predicted molar refractivity (Wildman–Crippen MR) is 71.8 cm³/mol. The van der Waals surface area contributed by atoms with E-state index in [-0.39, 0.29) is 5.91 Å². The fourth-order valence-corrected chi connectivity index (χ4v) is 2.29. The molecule has 18 heavy (non-hydrogen) atoms. The number of pyridine rings is 1. The number of anilines is 1. The zero-order chi connectivity index (χ0) is 13.0. The lowest BCUT2D eigenvalue weighted by Crippen LogP contribution is -2.39. The Morgan fingerprint density at radius 3 is 3.11 bits per heavy atom. The minimum atomic E-state index is -0.153. The van der Waals surface area contributed by atoms with Crippen LogP contribution in [0.4, 0.5) is 5.69 Å². The summed E-state index contributed by atoms with van der Waals surface area (Å²) in [5.41, 5.74) is 1.41. The Bertz CT molecular complexity index is 421. The van der Waals surface area contributed by atoms with Gasteiger partial charge in [-0.3, -0.25) is 9.78 Å². The second kappa shape index (κ2) is 5.82. The van der Waals surface area contributed by atoms with Gasteiger partial charge in [-0.05, 0) is 38.6 Å². The molecule has 1 aromatic heterocycles. The van der Waals surface area contributed by atoms with Crippen LogP contribution < -0.4 is 10.6 Å². The maximum absolute atomic E-state index is 11.5. The fourth-order valence-electron chi connectivity index (χ4n) is 2.29. The van der Waals surface area contributed by atoms with Crippen LogP contribution in [0.25, 0.3) is 0 Å². The van der Waals surface area contributed by atoms with E-state index in [1.807, 2.05) is 6.07 Å². The molecular weight excluding hydrogens is 228 g/mol. The van der Waals surface area contributed by atoms with Crippen LogP contribution >= 0.6 is 0 Å². The summed E-state index contributed by atoms with van der Waals surface area (Å²) in [5.74, 6) is -0.153. The van der Waals surface area contributed by atoms with Crippen LogP contribution in [0.15, 0.2) is 18.3 Å². The van der Waals surface area contributed by atoms with E-state index in [1.54, 1.807) is 19.3 Å². The number of rotatable bonds is 3. The van der Waals surface area contributed by atoms with Crippen molar-refractivity contribution in [3.8, 4) is 0 Å². The van der Waals surface area contributed by atoms with Crippen molar-refractivity contribution >= 4 is 11.6 Å². The van der Waals surface area contributed by atoms with E-state index in [1.165, 1.54) is 12.8 Å². The van der Waals surface area contributed by atoms with E-state index in [4.69, 9.17) is 0 Å². The van der Waals surface area contributed by atoms with Gasteiger partial charge in [0.2, 0.25) is 0 Å². The van der Waals surface area contributed by atoms with Crippen molar-refractivity contribution in [2.45, 2.75) is 18.9 Å². The second-order valence-corrected chi connectivity index (χ2v) is 4.75. The highest BCUT2D eigenvalue weighted by Crippen LogP contribution is 2.15. The molecule has 1 unspecified atom stereocenters. The van der Waals surface area contributed by atoms with Crippen LogP contribution in [0.3, 0.4) is 0 Å². The number of piperidine rings is 1. The molecule has 0 radical (unpaired) electrons. The molecule has 2 N–H and O–H groups in total. The number of likely N-dealkylation sites (tertiary alicyclic amines) is 1. The Balaban J connectivity index is 2.02. The van der Waals surface area contributed by atoms with Gasteiger partial charge >= 0.3 is 0 Å². The summed E-state index contributed by atoms with van der Waals surface area (Å²) < 4.78 is 0. The Morgan fingerprint density at radius 1 is 1.56 bits per heavy atom. The first kappa shape index (κ1) is 12.8. The van der Waals surface area contributed by atoms with Gasteiger partial charge in [-0.2, -0.15) is 0 Å². The Kier molecular flexibility index (Phi) is 4.15. The molecule has 0 aliphatic carbocycles. The van der Waals surface area contributed by atoms with E-state index < -0.39 is 0 Å². The zero-order valence-corrected chi connectivity index (χ0v) is 10.9. The quantitative estimate of drug-likeness (QED) is 0.836. The summed E-state index contributed by atoms with van der Waals surface area (Å²) in [4.78, 5) is 17.9. The number of aromatic nitrogens is 1. The highest BCUT2D eigenvalue weighted by atomic mass is 16.1. The third-order valence-electron chi connectivity index (χ3n) is 3.21. The van der Waals surface area contributed by atoms with Gasteiger partial charge in [0.1, 0.15) is 5.69 Å². The molecule has 1 aromatic rings. The summed E-state index contributed by atoms with van der Waals surface area (Å²) in [5, 5.41) is 6.05. The fraction of sp³-hybridized carbons (Fsp3) is 0.538. The average Bonchev–Trinajstić information content (AvgIpc) is 2.38. The number of nitrogens with zero attached hydrogens (tertiary/aromatic N) is 2. The van der Waals surface area contributed by atoms with E-state index in [0.717, 1.165) is 18.8 Å². The van der Waals surface area contributed by atoms with Gasteiger partial charge in [0.25, 0.3) is 5.91 Å². The van der Waals surface area contributed by atoms with Gasteiger partial charge in [0.15, 0.2) is 0 Å². The Labute approximate surface area is 108 Å². The summed E-state index contributed by atoms with van der Waals surface area (Å²) in [6, 6.07) is 4.15. The van der Waals surface area contributed by atoms with Crippen LogP contribution in [0.5, 0.6) is 0 Å². The van der Waals surface area contributed by atoms with E-state index >= 15 is 0 Å². The van der Waals surface area contributed by atoms with E-state index in [9.17, 15) is 4.79 Å². The largest absolute Gasteiger partial charge is 0.381 e. The summed E-state index contributed by atoms with van der Waals surface area (Å²) in [6.07, 6.45) is 4.04. The number of hydrogen-bond donors (Lipinski definition) is 2. The molecule has 2 heterocycles. The SMILES string of the molecule is CNC(=O)c1cc(NC2CCCN(C)C2)ccn1. The first-order valence-corrected chi connectivity index (χ1v) is 6.32. The molecule has 98 valence electrons. The zero-order valence-electron chi connectivity index (χ0n) is 10.9. The van der Waals surface area contributed by atoms with Gasteiger partial charge in [-0.1, -0.05) is 0 Å². The van der Waals surface area contributed by atoms with Gasteiger partial charge < -0.3 is 15.5 Å². The standard InChI is InChI=1S/C13H20N4O/c1-14-13(18)12-8-10(5-6-15-12)16-11-4-3-7-17(2)9-11/h5-6,8,11H,3-4,7,9H2,1-2H3,(H,14,18)(H,15,16). The molecule has 0 bridgehead atoms. The van der Waals surface area contributed by atoms with Crippen molar-refractivity contribution in [3.63, 3.8) is 0 Å². The highest BCUT2D eigenvalue weighted by molar-refractivity contribution is 5.92. The summed E-state index contributed by atoms with van der Waals surface area (Å²) in [7, 11) is 3.75. The maximum Gasteiger partial charge on any atom is 0.269 e. The molecule has 1 atom stereocenters. The first-order valence-electron chi connectivity index (χ1n) is 6.32. The third-order valence-corrected chi connectivity index (χ3v) is 3.21. The van der Waals surface area contributed by atoms with Crippen molar-refractivity contribution in [2.75, 3.05) is 32.5 Å². The number of hydrogen-bond acceptors (Lipinski definition) is 4.